The maximum atomic E-state index is 2.50. The van der Waals surface area contributed by atoms with Gasteiger partial charge in [-0.1, -0.05) is 0 Å². The molecule has 3 rings (SSSR count). The standard InChI is InChI=1S/C10H15.2C8H11.Zr/c1-7-6-10(4,5)9(3)8(7)2;2*1-2-5-8-6-3-4-7-8;/h1-5H3;2*3,6H,2,4-5H2,1H3;. The van der Waals surface area contributed by atoms with E-state index < -0.39 is 21.8 Å². The van der Waals surface area contributed by atoms with Crippen LogP contribution in [-0.2, 0) is 21.8 Å². The molecule has 0 N–H and O–H groups in total. The van der Waals surface area contributed by atoms with E-state index in [1.807, 2.05) is 9.84 Å². The molecule has 0 amide bonds. The molecule has 3 aliphatic carbocycles. The quantitative estimate of drug-likeness (QED) is 0.373. The second-order valence-electron chi connectivity index (χ2n) is 8.97. The van der Waals surface area contributed by atoms with Gasteiger partial charge in [0.25, 0.3) is 0 Å². The van der Waals surface area contributed by atoms with Crippen molar-refractivity contribution in [2.24, 2.45) is 5.41 Å². The van der Waals surface area contributed by atoms with Crippen molar-refractivity contribution < 1.29 is 21.8 Å². The van der Waals surface area contributed by atoms with Crippen molar-refractivity contribution in [3.05, 3.63) is 62.0 Å². The van der Waals surface area contributed by atoms with Crippen LogP contribution in [0.2, 0.25) is 0 Å². The summed E-state index contributed by atoms with van der Waals surface area (Å²) >= 11 is -2.12. The van der Waals surface area contributed by atoms with Crippen molar-refractivity contribution in [3.8, 4) is 0 Å². The van der Waals surface area contributed by atoms with Gasteiger partial charge in [-0.3, -0.25) is 0 Å². The van der Waals surface area contributed by atoms with Crippen LogP contribution in [0, 0.1) is 5.41 Å². The Morgan fingerprint density at radius 1 is 0.815 bits per heavy atom. The van der Waals surface area contributed by atoms with E-state index >= 15 is 0 Å². The van der Waals surface area contributed by atoms with Crippen molar-refractivity contribution in [3.63, 3.8) is 0 Å². The van der Waals surface area contributed by atoms with Gasteiger partial charge in [-0.05, 0) is 0 Å². The van der Waals surface area contributed by atoms with Gasteiger partial charge in [-0.2, -0.15) is 0 Å². The monoisotopic (exact) mass is 439 g/mol. The molecule has 0 spiro atoms. The van der Waals surface area contributed by atoms with E-state index in [-0.39, 0.29) is 5.41 Å². The Bertz CT molecular complexity index is 765. The van der Waals surface area contributed by atoms with E-state index in [1.165, 1.54) is 38.5 Å². The van der Waals surface area contributed by atoms with Crippen molar-refractivity contribution in [2.45, 2.75) is 87.0 Å². The fourth-order valence-electron chi connectivity index (χ4n) is 5.21. The van der Waals surface area contributed by atoms with Gasteiger partial charge in [-0.15, -0.1) is 0 Å². The number of hydrogen-bond acceptors (Lipinski definition) is 0. The van der Waals surface area contributed by atoms with E-state index in [2.05, 4.69) is 72.8 Å². The van der Waals surface area contributed by atoms with Gasteiger partial charge in [0.2, 0.25) is 0 Å². The Hall–Kier alpha value is -0.677. The third-order valence-corrected chi connectivity index (χ3v) is 16.2. The molecule has 0 aromatic carbocycles. The summed E-state index contributed by atoms with van der Waals surface area (Å²) in [4.78, 5) is 0. The zero-order valence-corrected chi connectivity index (χ0v) is 21.0. The molecule has 0 saturated heterocycles. The zero-order valence-electron chi connectivity index (χ0n) is 18.6. The Balaban J connectivity index is 2.20. The molecule has 3 aliphatic rings. The first-order chi connectivity index (χ1) is 12.8. The molecule has 0 aromatic heterocycles. The van der Waals surface area contributed by atoms with Gasteiger partial charge in [0, 0.05) is 0 Å². The molecule has 27 heavy (non-hydrogen) atoms. The molecule has 0 atom stereocenters. The fraction of sp³-hybridized carbons (Fsp3) is 0.538. The first-order valence-electron chi connectivity index (χ1n) is 10.9. The molecule has 0 saturated carbocycles. The van der Waals surface area contributed by atoms with Crippen LogP contribution in [0.5, 0.6) is 0 Å². The molecule has 0 aromatic rings. The maximum absolute atomic E-state index is 2.50. The van der Waals surface area contributed by atoms with E-state index in [0.29, 0.717) is 0 Å². The van der Waals surface area contributed by atoms with Crippen molar-refractivity contribution in [1.29, 1.82) is 0 Å². The molecule has 0 fully saturated rings. The first kappa shape index (κ1) is 21.0. The Morgan fingerprint density at radius 3 is 1.67 bits per heavy atom. The first-order valence-corrected chi connectivity index (χ1v) is 14.6. The van der Waals surface area contributed by atoms with Gasteiger partial charge in [0.05, 0.1) is 0 Å². The summed E-state index contributed by atoms with van der Waals surface area (Å²) in [5.41, 5.74) is 8.45. The fourth-order valence-corrected chi connectivity index (χ4v) is 15.2. The molecule has 0 bridgehead atoms. The van der Waals surface area contributed by atoms with Crippen LogP contribution < -0.4 is 0 Å². The number of allylic oxidation sites excluding steroid dienone is 12. The molecule has 0 radical (unpaired) electrons. The Labute approximate surface area is 175 Å². The second kappa shape index (κ2) is 8.36. The molecule has 0 unspecified atom stereocenters. The molecular formula is C26H37Zr. The summed E-state index contributed by atoms with van der Waals surface area (Å²) in [6.07, 6.45) is 17.3. The zero-order chi connectivity index (χ0) is 19.8. The molecule has 0 heterocycles. The average molecular weight is 441 g/mol. The van der Waals surface area contributed by atoms with E-state index in [0.717, 1.165) is 0 Å². The number of hydrogen-bond donors (Lipinski definition) is 0. The van der Waals surface area contributed by atoms with Gasteiger partial charge >= 0.3 is 176 Å². The van der Waals surface area contributed by atoms with Crippen molar-refractivity contribution >= 4 is 0 Å². The number of rotatable bonds is 7. The summed E-state index contributed by atoms with van der Waals surface area (Å²) in [5.74, 6) is 0. The molecule has 0 nitrogen and oxygen atoms in total. The summed E-state index contributed by atoms with van der Waals surface area (Å²) < 4.78 is 5.65. The third-order valence-electron chi connectivity index (χ3n) is 7.01. The van der Waals surface area contributed by atoms with Crippen LogP contribution in [0.15, 0.2) is 62.0 Å². The van der Waals surface area contributed by atoms with Crippen LogP contribution in [0.1, 0.15) is 87.0 Å². The van der Waals surface area contributed by atoms with E-state index in [4.69, 9.17) is 0 Å². The average Bonchev–Trinajstić information content (AvgIpc) is 3.30. The van der Waals surface area contributed by atoms with Gasteiger partial charge in [0.1, 0.15) is 0 Å². The topological polar surface area (TPSA) is 0 Å². The van der Waals surface area contributed by atoms with Crippen molar-refractivity contribution in [2.75, 3.05) is 0 Å². The van der Waals surface area contributed by atoms with Crippen molar-refractivity contribution in [1.82, 2.24) is 0 Å². The van der Waals surface area contributed by atoms with Crippen LogP contribution in [0.25, 0.3) is 0 Å². The van der Waals surface area contributed by atoms with Crippen LogP contribution in [0.4, 0.5) is 0 Å². The Morgan fingerprint density at radius 2 is 1.30 bits per heavy atom. The van der Waals surface area contributed by atoms with Gasteiger partial charge in [-0.25, -0.2) is 0 Å². The third kappa shape index (κ3) is 3.66. The Kier molecular flexibility index (Phi) is 6.52. The molecular weight excluding hydrogens is 404 g/mol. The predicted molar refractivity (Wildman–Crippen MR) is 116 cm³/mol. The predicted octanol–water partition coefficient (Wildman–Crippen LogP) is 8.28. The van der Waals surface area contributed by atoms with Gasteiger partial charge < -0.3 is 0 Å². The second-order valence-corrected chi connectivity index (χ2v) is 15.0. The normalized spacial score (nSPS) is 21.6. The van der Waals surface area contributed by atoms with Crippen LogP contribution in [-0.4, -0.2) is 0 Å². The van der Waals surface area contributed by atoms with Gasteiger partial charge in [0.15, 0.2) is 0 Å². The summed E-state index contributed by atoms with van der Waals surface area (Å²) in [7, 11) is 0. The minimum absolute atomic E-state index is 0.239. The minimum atomic E-state index is -2.12. The summed E-state index contributed by atoms with van der Waals surface area (Å²) in [6.45, 7) is 16.8. The summed E-state index contributed by atoms with van der Waals surface area (Å²) in [6, 6.07) is 0. The molecule has 1 heteroatoms. The molecule has 0 aliphatic heterocycles. The molecule has 145 valence electrons. The van der Waals surface area contributed by atoms with Crippen LogP contribution in [0.3, 0.4) is 0 Å². The van der Waals surface area contributed by atoms with Crippen LogP contribution >= 0.6 is 0 Å². The van der Waals surface area contributed by atoms with E-state index in [1.54, 1.807) is 27.9 Å². The summed E-state index contributed by atoms with van der Waals surface area (Å²) in [5, 5.41) is 0. The van der Waals surface area contributed by atoms with E-state index in [9.17, 15) is 0 Å². The SMILES string of the molecule is CCCC1=[C]([Zr]([C]2=C(CCC)C=CC2)[C]2=C(C)C(C)=C(C)C2(C)C)CC=C1.